The van der Waals surface area contributed by atoms with E-state index < -0.39 is 0 Å². The third-order valence-electron chi connectivity index (χ3n) is 7.70. The highest BCUT2D eigenvalue weighted by atomic mass is 16.3. The van der Waals surface area contributed by atoms with E-state index in [9.17, 15) is 0 Å². The van der Waals surface area contributed by atoms with Crippen molar-refractivity contribution in [3.05, 3.63) is 121 Å². The number of aryl methyl sites for hydroxylation is 1. The molecule has 0 N–H and O–H groups in total. The lowest BCUT2D eigenvalue weighted by atomic mass is 9.94. The summed E-state index contributed by atoms with van der Waals surface area (Å²) >= 11 is 0. The van der Waals surface area contributed by atoms with Gasteiger partial charge in [-0.05, 0) is 46.0 Å². The summed E-state index contributed by atoms with van der Waals surface area (Å²) in [6.45, 7) is 2.10. The normalized spacial score (nSPS) is 11.8. The van der Waals surface area contributed by atoms with E-state index in [4.69, 9.17) is 4.42 Å². The van der Waals surface area contributed by atoms with Gasteiger partial charge in [0.15, 0.2) is 0 Å². The molecule has 0 aliphatic carbocycles. The summed E-state index contributed by atoms with van der Waals surface area (Å²) < 4.78 is 6.40. The molecule has 0 aliphatic heterocycles. The molecule has 2 heterocycles. The van der Waals surface area contributed by atoms with Gasteiger partial charge in [-0.15, -0.1) is 0 Å². The van der Waals surface area contributed by atoms with Gasteiger partial charge in [0.25, 0.3) is 0 Å². The zero-order chi connectivity index (χ0) is 25.2. The molecule has 6 aromatic carbocycles. The molecule has 0 bridgehead atoms. The number of aromatic nitrogens is 2. The second kappa shape index (κ2) is 7.99. The summed E-state index contributed by atoms with van der Waals surface area (Å²) in [5.41, 5.74) is 9.55. The maximum Gasteiger partial charge on any atom is 0.143 e. The Morgan fingerprint density at radius 3 is 1.87 bits per heavy atom. The second-order valence-corrected chi connectivity index (χ2v) is 9.87. The smallest absolute Gasteiger partial charge is 0.143 e. The maximum atomic E-state index is 6.40. The summed E-state index contributed by atoms with van der Waals surface area (Å²) in [5.74, 6) is 0. The van der Waals surface area contributed by atoms with E-state index in [1.54, 1.807) is 12.4 Å². The van der Waals surface area contributed by atoms with E-state index in [2.05, 4.69) is 120 Å². The molecule has 0 saturated heterocycles. The van der Waals surface area contributed by atoms with Crippen molar-refractivity contribution in [1.29, 1.82) is 0 Å². The molecule has 0 aliphatic rings. The second-order valence-electron chi connectivity index (χ2n) is 9.87. The number of fused-ring (bicyclic) bond motifs is 9. The average molecular weight is 487 g/mol. The van der Waals surface area contributed by atoms with Crippen LogP contribution < -0.4 is 0 Å². The standard InChI is InChI=1S/C35H22N2O/c1-21-6-4-10-29-30-11-5-9-25(35(30)38-34(21)29)23-14-12-22(13-15-23)24-16-17-28-31(20-24)26-7-2-3-8-27(26)32-33(28)37-19-18-36-32/h2-20H,1H3. The van der Waals surface area contributed by atoms with Crippen molar-refractivity contribution < 1.29 is 4.42 Å². The Kier molecular flexibility index (Phi) is 4.44. The molecule has 3 nitrogen and oxygen atoms in total. The van der Waals surface area contributed by atoms with E-state index in [1.165, 1.54) is 27.3 Å². The van der Waals surface area contributed by atoms with Gasteiger partial charge in [-0.25, -0.2) is 0 Å². The maximum absolute atomic E-state index is 6.40. The summed E-state index contributed by atoms with van der Waals surface area (Å²) in [6.07, 6.45) is 3.54. The van der Waals surface area contributed by atoms with E-state index in [0.717, 1.165) is 55.0 Å². The minimum Gasteiger partial charge on any atom is -0.455 e. The first-order chi connectivity index (χ1) is 18.8. The summed E-state index contributed by atoms with van der Waals surface area (Å²) in [6, 6.07) is 36.6. The van der Waals surface area contributed by atoms with Crippen molar-refractivity contribution in [3.63, 3.8) is 0 Å². The topological polar surface area (TPSA) is 38.9 Å². The van der Waals surface area contributed by atoms with Gasteiger partial charge in [-0.1, -0.05) is 97.1 Å². The first-order valence-corrected chi connectivity index (χ1v) is 12.8. The van der Waals surface area contributed by atoms with Gasteiger partial charge in [0.05, 0.1) is 11.0 Å². The van der Waals surface area contributed by atoms with Crippen molar-refractivity contribution >= 4 is 54.5 Å². The van der Waals surface area contributed by atoms with Crippen LogP contribution in [0.2, 0.25) is 0 Å². The number of hydrogen-bond acceptors (Lipinski definition) is 3. The Hall–Kier alpha value is -5.02. The van der Waals surface area contributed by atoms with Crippen molar-refractivity contribution in [2.24, 2.45) is 0 Å². The van der Waals surface area contributed by atoms with Crippen LogP contribution in [0.1, 0.15) is 5.56 Å². The fourth-order valence-corrected chi connectivity index (χ4v) is 5.84. The first kappa shape index (κ1) is 21.1. The molecule has 8 aromatic rings. The monoisotopic (exact) mass is 486 g/mol. The van der Waals surface area contributed by atoms with E-state index >= 15 is 0 Å². The van der Waals surface area contributed by atoms with Gasteiger partial charge in [0.1, 0.15) is 11.2 Å². The highest BCUT2D eigenvalue weighted by Crippen LogP contribution is 2.38. The third-order valence-corrected chi connectivity index (χ3v) is 7.70. The molecular weight excluding hydrogens is 464 g/mol. The highest BCUT2D eigenvalue weighted by molar-refractivity contribution is 6.23. The van der Waals surface area contributed by atoms with Crippen LogP contribution in [0, 0.1) is 6.92 Å². The van der Waals surface area contributed by atoms with Crippen LogP contribution in [-0.4, -0.2) is 9.97 Å². The summed E-state index contributed by atoms with van der Waals surface area (Å²) in [7, 11) is 0. The van der Waals surface area contributed by atoms with Crippen molar-refractivity contribution in [3.8, 4) is 22.3 Å². The minimum atomic E-state index is 0.940. The number of hydrogen-bond donors (Lipinski definition) is 0. The first-order valence-electron chi connectivity index (χ1n) is 12.8. The lowest BCUT2D eigenvalue weighted by molar-refractivity contribution is 0.667. The number of rotatable bonds is 2. The molecule has 2 aromatic heterocycles. The fourth-order valence-electron chi connectivity index (χ4n) is 5.84. The SMILES string of the molecule is Cc1cccc2c1oc1c(-c3ccc(-c4ccc5c(c4)c4ccccc4c4nccnc54)cc3)cccc12. The quantitative estimate of drug-likeness (QED) is 0.228. The van der Waals surface area contributed by atoms with E-state index in [-0.39, 0.29) is 0 Å². The van der Waals surface area contributed by atoms with E-state index in [1.807, 2.05) is 0 Å². The molecule has 0 amide bonds. The zero-order valence-electron chi connectivity index (χ0n) is 20.8. The van der Waals surface area contributed by atoms with Crippen LogP contribution in [0.3, 0.4) is 0 Å². The predicted molar refractivity (Wildman–Crippen MR) is 157 cm³/mol. The molecule has 0 fully saturated rings. The molecule has 178 valence electrons. The van der Waals surface area contributed by atoms with Crippen molar-refractivity contribution in [2.75, 3.05) is 0 Å². The lowest BCUT2D eigenvalue weighted by Crippen LogP contribution is -1.89. The molecule has 0 saturated carbocycles. The van der Waals surface area contributed by atoms with Crippen LogP contribution in [0.15, 0.2) is 120 Å². The van der Waals surface area contributed by atoms with E-state index in [0.29, 0.717) is 0 Å². The number of para-hydroxylation sites is 2. The Morgan fingerprint density at radius 1 is 0.474 bits per heavy atom. The van der Waals surface area contributed by atoms with Gasteiger partial charge in [-0.3, -0.25) is 9.97 Å². The molecule has 0 unspecified atom stereocenters. The Balaban J connectivity index is 1.27. The van der Waals surface area contributed by atoms with Crippen molar-refractivity contribution in [2.45, 2.75) is 6.92 Å². The Labute approximate surface area is 219 Å². The molecule has 0 atom stereocenters. The molecule has 0 spiro atoms. The molecule has 0 radical (unpaired) electrons. The lowest BCUT2D eigenvalue weighted by Gasteiger charge is -2.11. The third kappa shape index (κ3) is 3.02. The van der Waals surface area contributed by atoms with Crippen LogP contribution >= 0.6 is 0 Å². The summed E-state index contributed by atoms with van der Waals surface area (Å²) in [4.78, 5) is 9.33. The summed E-state index contributed by atoms with van der Waals surface area (Å²) in [5, 5.41) is 6.96. The van der Waals surface area contributed by atoms with Gasteiger partial charge in [0, 0.05) is 39.5 Å². The van der Waals surface area contributed by atoms with Crippen LogP contribution in [-0.2, 0) is 0 Å². The zero-order valence-corrected chi connectivity index (χ0v) is 20.8. The highest BCUT2D eigenvalue weighted by Gasteiger charge is 2.14. The molecule has 8 rings (SSSR count). The molecule has 3 heteroatoms. The van der Waals surface area contributed by atoms with Crippen LogP contribution in [0.4, 0.5) is 0 Å². The van der Waals surface area contributed by atoms with Crippen molar-refractivity contribution in [1.82, 2.24) is 9.97 Å². The predicted octanol–water partition coefficient (Wildman–Crippen LogP) is 9.48. The van der Waals surface area contributed by atoms with Crippen LogP contribution in [0.25, 0.3) is 76.8 Å². The number of benzene rings is 6. The Morgan fingerprint density at radius 2 is 1.08 bits per heavy atom. The van der Waals surface area contributed by atoms with Gasteiger partial charge >= 0.3 is 0 Å². The molecular formula is C35H22N2O. The molecule has 38 heavy (non-hydrogen) atoms. The number of nitrogens with zero attached hydrogens (tertiary/aromatic N) is 2. The minimum absolute atomic E-state index is 0.940. The van der Waals surface area contributed by atoms with Gasteiger partial charge in [-0.2, -0.15) is 0 Å². The van der Waals surface area contributed by atoms with Gasteiger partial charge < -0.3 is 4.42 Å². The number of furan rings is 1. The van der Waals surface area contributed by atoms with Gasteiger partial charge in [0.2, 0.25) is 0 Å². The Bertz CT molecular complexity index is 2150. The fraction of sp³-hybridized carbons (Fsp3) is 0.0286. The average Bonchev–Trinajstić information content (AvgIpc) is 3.38. The largest absolute Gasteiger partial charge is 0.455 e. The van der Waals surface area contributed by atoms with Crippen LogP contribution in [0.5, 0.6) is 0 Å².